The van der Waals surface area contributed by atoms with Gasteiger partial charge in [0.25, 0.3) is 5.91 Å². The number of carbonyl (C=O) groups is 3. The number of fused-ring (bicyclic) bond motifs is 2. The Morgan fingerprint density at radius 1 is 1.17 bits per heavy atom. The van der Waals surface area contributed by atoms with E-state index in [4.69, 9.17) is 9.47 Å². The van der Waals surface area contributed by atoms with Gasteiger partial charge < -0.3 is 30.1 Å². The van der Waals surface area contributed by atoms with Crippen molar-refractivity contribution in [2.45, 2.75) is 25.6 Å². The molecular weight excluding hydrogens is 450 g/mol. The van der Waals surface area contributed by atoms with Gasteiger partial charge in [0.05, 0.1) is 30.9 Å². The van der Waals surface area contributed by atoms with Crippen molar-refractivity contribution >= 4 is 34.2 Å². The van der Waals surface area contributed by atoms with Gasteiger partial charge >= 0.3 is 5.97 Å². The molecule has 1 aliphatic heterocycles. The van der Waals surface area contributed by atoms with E-state index in [1.165, 1.54) is 6.07 Å². The van der Waals surface area contributed by atoms with Gasteiger partial charge in [0.1, 0.15) is 24.1 Å². The summed E-state index contributed by atoms with van der Waals surface area (Å²) in [5.41, 5.74) is 1.42. The molecule has 1 heterocycles. The van der Waals surface area contributed by atoms with E-state index in [0.29, 0.717) is 28.1 Å². The number of ether oxygens (including phenoxy) is 2. The van der Waals surface area contributed by atoms with Crippen molar-refractivity contribution in [1.29, 1.82) is 0 Å². The number of hydrogen-bond acceptors (Lipinski definition) is 6. The molecule has 0 saturated heterocycles. The van der Waals surface area contributed by atoms with E-state index < -0.39 is 18.1 Å². The minimum atomic E-state index is -1.02. The normalized spacial score (nSPS) is 16.1. The summed E-state index contributed by atoms with van der Waals surface area (Å²) in [5.74, 6) is -0.585. The molecule has 2 atom stereocenters. The lowest BCUT2D eigenvalue weighted by Gasteiger charge is -2.26. The highest BCUT2D eigenvalue weighted by Crippen LogP contribution is 2.35. The first-order valence-corrected chi connectivity index (χ1v) is 11.2. The molecule has 182 valence electrons. The number of carboxylic acid groups (broad SMARTS) is 1. The number of rotatable bonds is 7. The molecule has 0 radical (unpaired) electrons. The molecule has 4 rings (SSSR count). The molecular formula is C26H27N3O6. The van der Waals surface area contributed by atoms with Crippen LogP contribution in [0.25, 0.3) is 10.8 Å². The third-order valence-corrected chi connectivity index (χ3v) is 6.08. The molecule has 0 fully saturated rings. The molecule has 0 bridgehead atoms. The van der Waals surface area contributed by atoms with E-state index in [-0.39, 0.29) is 30.5 Å². The zero-order valence-corrected chi connectivity index (χ0v) is 19.7. The fourth-order valence-electron chi connectivity index (χ4n) is 3.99. The number of aromatic carboxylic acids is 1. The summed E-state index contributed by atoms with van der Waals surface area (Å²) in [6.45, 7) is 1.82. The maximum Gasteiger partial charge on any atom is 0.335 e. The Hall–Kier alpha value is -4.11. The smallest absolute Gasteiger partial charge is 0.335 e. The van der Waals surface area contributed by atoms with Gasteiger partial charge in [0.15, 0.2) is 0 Å². The molecule has 9 nitrogen and oxygen atoms in total. The number of carboxylic acids is 1. The van der Waals surface area contributed by atoms with Crippen LogP contribution in [-0.2, 0) is 16.1 Å². The number of nitrogens with one attached hydrogen (secondary N) is 2. The van der Waals surface area contributed by atoms with Crippen molar-refractivity contribution in [3.63, 3.8) is 0 Å². The van der Waals surface area contributed by atoms with Gasteiger partial charge in [-0.15, -0.1) is 0 Å². The molecule has 3 aromatic rings. The van der Waals surface area contributed by atoms with Crippen LogP contribution in [0.5, 0.6) is 11.5 Å². The average Bonchev–Trinajstić information content (AvgIpc) is 2.99. The number of nitrogens with zero attached hydrogens (tertiary/aromatic N) is 1. The van der Waals surface area contributed by atoms with Crippen LogP contribution in [0.3, 0.4) is 0 Å². The zero-order chi connectivity index (χ0) is 25.1. The van der Waals surface area contributed by atoms with Crippen LogP contribution < -0.4 is 25.0 Å². The molecule has 2 amide bonds. The van der Waals surface area contributed by atoms with E-state index in [0.717, 1.165) is 5.39 Å². The maximum absolute atomic E-state index is 13.7. The number of methoxy groups -OCH3 is 1. The summed E-state index contributed by atoms with van der Waals surface area (Å²) < 4.78 is 11.5. The van der Waals surface area contributed by atoms with Crippen molar-refractivity contribution in [1.82, 2.24) is 10.6 Å². The number of para-hydroxylation sites is 2. The number of likely N-dealkylation sites (N-methyl/N-ethyl adjacent to an activating group) is 1. The average molecular weight is 478 g/mol. The third-order valence-electron chi connectivity index (χ3n) is 6.08. The molecule has 3 aromatic carbocycles. The van der Waals surface area contributed by atoms with Crippen LogP contribution in [0.4, 0.5) is 5.69 Å². The van der Waals surface area contributed by atoms with Crippen molar-refractivity contribution in [3.05, 3.63) is 65.7 Å². The quantitative estimate of drug-likeness (QED) is 0.479. The topological polar surface area (TPSA) is 117 Å². The maximum atomic E-state index is 13.7. The first kappa shape index (κ1) is 24.0. The van der Waals surface area contributed by atoms with E-state index in [2.05, 4.69) is 10.6 Å². The fourth-order valence-corrected chi connectivity index (χ4v) is 3.99. The van der Waals surface area contributed by atoms with Crippen LogP contribution in [-0.4, -0.2) is 55.7 Å². The predicted molar refractivity (Wildman–Crippen MR) is 131 cm³/mol. The Bertz CT molecular complexity index is 1290. The summed E-state index contributed by atoms with van der Waals surface area (Å²) in [6, 6.07) is 14.3. The SMILES string of the molecule is CNC(C)C(=O)NC1COc2ccccc2N(Cc2cc3cc(C(=O)O)ccc3cc2OC)C1=O. The van der Waals surface area contributed by atoms with Gasteiger partial charge in [-0.1, -0.05) is 18.2 Å². The standard InChI is InChI=1S/C26H27N3O6/c1-15(27-2)24(30)28-20-14-35-22-7-5-4-6-21(22)29(25(20)31)13-19-11-18-10-17(26(32)33)9-8-16(18)12-23(19)34-3/h4-12,15,20,27H,13-14H2,1-3H3,(H,28,30)(H,32,33). The van der Waals surface area contributed by atoms with Crippen LogP contribution in [0.1, 0.15) is 22.8 Å². The highest BCUT2D eigenvalue weighted by atomic mass is 16.5. The number of amides is 2. The van der Waals surface area contributed by atoms with Crippen molar-refractivity contribution < 1.29 is 29.0 Å². The first-order valence-electron chi connectivity index (χ1n) is 11.2. The zero-order valence-electron chi connectivity index (χ0n) is 19.7. The van der Waals surface area contributed by atoms with Gasteiger partial charge in [-0.05, 0) is 61.1 Å². The highest BCUT2D eigenvalue weighted by Gasteiger charge is 2.33. The molecule has 0 saturated carbocycles. The van der Waals surface area contributed by atoms with E-state index in [9.17, 15) is 19.5 Å². The summed E-state index contributed by atoms with van der Waals surface area (Å²) in [6.07, 6.45) is 0. The minimum absolute atomic E-state index is 0.00858. The second-order valence-electron chi connectivity index (χ2n) is 8.31. The van der Waals surface area contributed by atoms with E-state index >= 15 is 0 Å². The Balaban J connectivity index is 1.75. The third kappa shape index (κ3) is 4.90. The second kappa shape index (κ2) is 10.0. The number of anilines is 1. The number of carbonyl (C=O) groups excluding carboxylic acids is 2. The highest BCUT2D eigenvalue weighted by molar-refractivity contribution is 6.02. The van der Waals surface area contributed by atoms with Gasteiger partial charge in [-0.2, -0.15) is 0 Å². The van der Waals surface area contributed by atoms with Crippen LogP contribution in [0.15, 0.2) is 54.6 Å². The second-order valence-corrected chi connectivity index (χ2v) is 8.31. The Kier molecular flexibility index (Phi) is 6.88. The monoisotopic (exact) mass is 477 g/mol. The van der Waals surface area contributed by atoms with E-state index in [1.54, 1.807) is 56.3 Å². The van der Waals surface area contributed by atoms with Gasteiger partial charge in [-0.3, -0.25) is 9.59 Å². The molecule has 3 N–H and O–H groups in total. The van der Waals surface area contributed by atoms with E-state index in [1.807, 2.05) is 18.2 Å². The Morgan fingerprint density at radius 2 is 1.94 bits per heavy atom. The van der Waals surface area contributed by atoms with Gasteiger partial charge in [-0.25, -0.2) is 4.79 Å². The summed E-state index contributed by atoms with van der Waals surface area (Å²) in [5, 5.41) is 16.5. The first-order chi connectivity index (χ1) is 16.8. The van der Waals surface area contributed by atoms with Crippen molar-refractivity contribution in [2.24, 2.45) is 0 Å². The van der Waals surface area contributed by atoms with Gasteiger partial charge in [0.2, 0.25) is 5.91 Å². The lowest BCUT2D eigenvalue weighted by Crippen LogP contribution is -2.53. The number of benzene rings is 3. The lowest BCUT2D eigenvalue weighted by molar-refractivity contribution is -0.129. The predicted octanol–water partition coefficient (Wildman–Crippen LogP) is 2.56. The van der Waals surface area contributed by atoms with Gasteiger partial charge in [0, 0.05) is 5.56 Å². The van der Waals surface area contributed by atoms with Crippen LogP contribution >= 0.6 is 0 Å². The number of hydrogen-bond donors (Lipinski definition) is 3. The molecule has 2 unspecified atom stereocenters. The molecule has 0 aliphatic carbocycles. The molecule has 35 heavy (non-hydrogen) atoms. The fraction of sp³-hybridized carbons (Fsp3) is 0.269. The van der Waals surface area contributed by atoms with Crippen molar-refractivity contribution in [2.75, 3.05) is 25.7 Å². The van der Waals surface area contributed by atoms with Crippen LogP contribution in [0, 0.1) is 0 Å². The molecule has 0 spiro atoms. The Labute approximate surface area is 202 Å². The molecule has 1 aliphatic rings. The van der Waals surface area contributed by atoms with Crippen molar-refractivity contribution in [3.8, 4) is 11.5 Å². The molecule has 9 heteroatoms. The van der Waals surface area contributed by atoms with Crippen LogP contribution in [0.2, 0.25) is 0 Å². The summed E-state index contributed by atoms with van der Waals surface area (Å²) >= 11 is 0. The summed E-state index contributed by atoms with van der Waals surface area (Å²) in [4.78, 5) is 39.2. The lowest BCUT2D eigenvalue weighted by atomic mass is 10.0. The molecule has 0 aromatic heterocycles. The minimum Gasteiger partial charge on any atom is -0.496 e. The Morgan fingerprint density at radius 3 is 2.66 bits per heavy atom. The summed E-state index contributed by atoms with van der Waals surface area (Å²) in [7, 11) is 3.21. The largest absolute Gasteiger partial charge is 0.496 e.